The minimum absolute atomic E-state index is 0.709. The third-order valence-electron chi connectivity index (χ3n) is 9.27. The van der Waals surface area contributed by atoms with Crippen molar-refractivity contribution < 1.29 is 0 Å². The van der Waals surface area contributed by atoms with Crippen molar-refractivity contribution in [3.8, 4) is 0 Å². The molecule has 2 aliphatic rings. The Kier molecular flexibility index (Phi) is 9.14. The zero-order valence-electron chi connectivity index (χ0n) is 26.4. The first kappa shape index (κ1) is 30.0. The van der Waals surface area contributed by atoms with Gasteiger partial charge in [-0.25, -0.2) is 9.97 Å². The molecule has 42 heavy (non-hydrogen) atoms. The van der Waals surface area contributed by atoms with E-state index in [1.54, 1.807) is 0 Å². The van der Waals surface area contributed by atoms with E-state index in [4.69, 9.17) is 21.4 Å². The van der Waals surface area contributed by atoms with Crippen LogP contribution in [0.5, 0.6) is 0 Å². The molecule has 222 valence electrons. The second kappa shape index (κ2) is 12.8. The largest absolute Gasteiger partial charge is 0.355 e. The van der Waals surface area contributed by atoms with Crippen LogP contribution in [0.1, 0.15) is 111 Å². The molecule has 5 heterocycles. The van der Waals surface area contributed by atoms with Crippen molar-refractivity contribution in [2.24, 2.45) is 11.5 Å². The second-order valence-corrected chi connectivity index (χ2v) is 11.9. The average molecular weight is 565 g/mol. The van der Waals surface area contributed by atoms with Gasteiger partial charge in [-0.05, 0) is 161 Å². The number of hydrogen-bond acceptors (Lipinski definition) is 4. The van der Waals surface area contributed by atoms with Gasteiger partial charge < -0.3 is 21.4 Å². The molecule has 0 radical (unpaired) electrons. The number of aromatic nitrogens is 4. The highest BCUT2D eigenvalue weighted by atomic mass is 14.8. The van der Waals surface area contributed by atoms with Gasteiger partial charge >= 0.3 is 0 Å². The third-order valence-corrected chi connectivity index (χ3v) is 9.27. The molecule has 0 atom stereocenters. The van der Waals surface area contributed by atoms with Crippen LogP contribution < -0.4 is 11.5 Å². The molecule has 6 nitrogen and oxygen atoms in total. The summed E-state index contributed by atoms with van der Waals surface area (Å²) in [6, 6.07) is 9.02. The van der Waals surface area contributed by atoms with E-state index in [1.807, 2.05) is 0 Å². The molecular formula is C36H48N6. The number of unbranched alkanes of at least 4 members (excludes halogenated alkanes) is 2. The molecule has 0 unspecified atom stereocenters. The van der Waals surface area contributed by atoms with Gasteiger partial charge in [-0.15, -0.1) is 0 Å². The number of rotatable bonds is 10. The number of hydrogen-bond donors (Lipinski definition) is 4. The number of H-pyrrole nitrogens is 2. The molecule has 0 spiro atoms. The fraction of sp³-hybridized carbons (Fsp3) is 0.444. The van der Waals surface area contributed by atoms with Gasteiger partial charge in [-0.3, -0.25) is 0 Å². The Labute approximate surface area is 250 Å². The summed E-state index contributed by atoms with van der Waals surface area (Å²) in [5.74, 6) is 0. The Morgan fingerprint density at radius 2 is 1.07 bits per heavy atom. The molecule has 0 aromatic carbocycles. The molecule has 5 rings (SSSR count). The highest BCUT2D eigenvalue weighted by Crippen LogP contribution is 2.37. The summed E-state index contributed by atoms with van der Waals surface area (Å²) in [6.45, 7) is 14.8. The lowest BCUT2D eigenvalue weighted by Crippen LogP contribution is -1.99. The quantitative estimate of drug-likeness (QED) is 0.186. The lowest BCUT2D eigenvalue weighted by molar-refractivity contribution is 0.746. The molecule has 3 aromatic rings. The topological polar surface area (TPSA) is 109 Å². The zero-order chi connectivity index (χ0) is 30.0. The highest BCUT2D eigenvalue weighted by Gasteiger charge is 2.21. The lowest BCUT2D eigenvalue weighted by Gasteiger charge is -2.05. The van der Waals surface area contributed by atoms with E-state index in [2.05, 4.69) is 75.8 Å². The normalized spacial score (nSPS) is 13.5. The van der Waals surface area contributed by atoms with Gasteiger partial charge in [-0.2, -0.15) is 0 Å². The molecule has 0 aliphatic carbocycles. The Morgan fingerprint density at radius 1 is 0.548 bits per heavy atom. The maximum absolute atomic E-state index is 5.88. The van der Waals surface area contributed by atoms with E-state index in [9.17, 15) is 0 Å². The van der Waals surface area contributed by atoms with E-state index in [0.717, 1.165) is 96.2 Å². The predicted octanol–water partition coefficient (Wildman–Crippen LogP) is 8.18. The van der Waals surface area contributed by atoms with Crippen molar-refractivity contribution in [3.05, 3.63) is 69.3 Å². The van der Waals surface area contributed by atoms with Crippen molar-refractivity contribution in [1.82, 2.24) is 19.9 Å². The van der Waals surface area contributed by atoms with Gasteiger partial charge in [0, 0.05) is 22.1 Å². The Bertz CT molecular complexity index is 1710. The highest BCUT2D eigenvalue weighted by molar-refractivity contribution is 5.95. The summed E-state index contributed by atoms with van der Waals surface area (Å²) in [4.78, 5) is 18.0. The van der Waals surface area contributed by atoms with Crippen molar-refractivity contribution in [2.45, 2.75) is 92.9 Å². The number of nitrogens with one attached hydrogen (secondary N) is 2. The van der Waals surface area contributed by atoms with Gasteiger partial charge in [0.1, 0.15) is 0 Å². The summed E-state index contributed by atoms with van der Waals surface area (Å²) < 4.78 is 0. The summed E-state index contributed by atoms with van der Waals surface area (Å²) in [5, 5.41) is 0. The molecule has 6 heteroatoms. The van der Waals surface area contributed by atoms with E-state index in [1.165, 1.54) is 44.5 Å². The minimum atomic E-state index is 0.709. The van der Waals surface area contributed by atoms with Crippen molar-refractivity contribution in [2.75, 3.05) is 13.1 Å². The van der Waals surface area contributed by atoms with Crippen LogP contribution in [0.4, 0.5) is 0 Å². The van der Waals surface area contributed by atoms with Gasteiger partial charge in [0.05, 0.1) is 22.8 Å². The standard InChI is InChI=1S/C36H48N6/c1-7-25-21(3)29-17-30-23(5)27(13-9-11-15-37)35(41-30)20-36-28(14-10-12-16-38)24(6)32(42-36)19-34-26(8-2)22(4)31(40-34)18-33(25)39-29/h17-20,40,42H,7-16,37-38H2,1-6H3. The third kappa shape index (κ3) is 5.62. The smallest absolute Gasteiger partial charge is 0.0693 e. The van der Waals surface area contributed by atoms with Gasteiger partial charge in [0.2, 0.25) is 0 Å². The van der Waals surface area contributed by atoms with Crippen LogP contribution in [0.3, 0.4) is 0 Å². The minimum Gasteiger partial charge on any atom is -0.355 e. The molecule has 2 aliphatic heterocycles. The van der Waals surface area contributed by atoms with Crippen molar-refractivity contribution in [1.29, 1.82) is 0 Å². The lowest BCUT2D eigenvalue weighted by atomic mass is 9.99. The number of aromatic amines is 2. The van der Waals surface area contributed by atoms with Crippen LogP contribution in [-0.2, 0) is 12.8 Å². The SMILES string of the molecule is CCC1=C(C)c2cc3nc(cc4[nH]c(cc5[nH]c(cc1n2)c(C)c5CC)c(C)c4CCCCN)C(CCCCN)=C3C. The van der Waals surface area contributed by atoms with Crippen LogP contribution >= 0.6 is 0 Å². The molecule has 0 fully saturated rings. The molecular weight excluding hydrogens is 516 g/mol. The monoisotopic (exact) mass is 564 g/mol. The van der Waals surface area contributed by atoms with Gasteiger partial charge in [0.25, 0.3) is 0 Å². The Balaban J connectivity index is 1.89. The Morgan fingerprint density at radius 3 is 1.69 bits per heavy atom. The van der Waals surface area contributed by atoms with Crippen LogP contribution in [0.25, 0.3) is 44.4 Å². The second-order valence-electron chi connectivity index (χ2n) is 11.9. The Hall–Kier alpha value is -3.48. The number of nitrogens with zero attached hydrogens (tertiary/aromatic N) is 2. The van der Waals surface area contributed by atoms with E-state index in [-0.39, 0.29) is 0 Å². The zero-order valence-corrected chi connectivity index (χ0v) is 26.4. The van der Waals surface area contributed by atoms with Crippen molar-refractivity contribution in [3.63, 3.8) is 0 Å². The molecule has 0 amide bonds. The van der Waals surface area contributed by atoms with Crippen molar-refractivity contribution >= 4 is 44.4 Å². The van der Waals surface area contributed by atoms with E-state index in [0.29, 0.717) is 13.1 Å². The number of fused-ring (bicyclic) bond motifs is 8. The molecule has 8 bridgehead atoms. The first-order valence-electron chi connectivity index (χ1n) is 15.8. The summed E-state index contributed by atoms with van der Waals surface area (Å²) in [5.41, 5.74) is 30.9. The number of aryl methyl sites for hydroxylation is 4. The average Bonchev–Trinajstić information content (AvgIpc) is 3.63. The van der Waals surface area contributed by atoms with Crippen LogP contribution in [0.2, 0.25) is 0 Å². The molecule has 0 saturated carbocycles. The maximum atomic E-state index is 5.88. The number of nitrogens with two attached hydrogens (primary N) is 2. The maximum Gasteiger partial charge on any atom is 0.0693 e. The molecule has 6 N–H and O–H groups in total. The van der Waals surface area contributed by atoms with Crippen LogP contribution in [0, 0.1) is 13.8 Å². The van der Waals surface area contributed by atoms with Crippen LogP contribution in [-0.4, -0.2) is 33.0 Å². The summed E-state index contributed by atoms with van der Waals surface area (Å²) >= 11 is 0. The molecule has 3 aromatic heterocycles. The first-order chi connectivity index (χ1) is 20.3. The van der Waals surface area contributed by atoms with Gasteiger partial charge in [-0.1, -0.05) is 13.8 Å². The predicted molar refractivity (Wildman–Crippen MR) is 180 cm³/mol. The summed E-state index contributed by atoms with van der Waals surface area (Å²) in [6.07, 6.45) is 7.99. The van der Waals surface area contributed by atoms with E-state index >= 15 is 0 Å². The fourth-order valence-corrected chi connectivity index (χ4v) is 6.65. The molecule has 0 saturated heterocycles. The fourth-order valence-electron chi connectivity index (χ4n) is 6.65. The van der Waals surface area contributed by atoms with Crippen LogP contribution in [0.15, 0.2) is 24.3 Å². The van der Waals surface area contributed by atoms with Gasteiger partial charge in [0.15, 0.2) is 0 Å². The first-order valence-corrected chi connectivity index (χ1v) is 15.8. The summed E-state index contributed by atoms with van der Waals surface area (Å²) in [7, 11) is 0. The van der Waals surface area contributed by atoms with E-state index < -0.39 is 0 Å². The number of allylic oxidation sites excluding steroid dienone is 4.